The molecule has 1 fully saturated rings. The van der Waals surface area contributed by atoms with E-state index in [1.165, 1.54) is 37.7 Å². The van der Waals surface area contributed by atoms with E-state index in [1.54, 1.807) is 27.4 Å². The number of nitrogens with one attached hydrogen (secondary N) is 1. The SMILES string of the molecule is COc1cc(-c2cc(C(=O)NN=C(C)c3ccc(C4CCCCC4)cc3)c3ccccc3n2)cc(OC)c1OC. The minimum Gasteiger partial charge on any atom is -0.493 e. The van der Waals surface area contributed by atoms with E-state index >= 15 is 0 Å². The van der Waals surface area contributed by atoms with Gasteiger partial charge in [0.05, 0.1) is 43.8 Å². The van der Waals surface area contributed by atoms with Crippen molar-refractivity contribution in [3.05, 3.63) is 83.4 Å². The second-order valence-electron chi connectivity index (χ2n) is 10.1. The first-order valence-electron chi connectivity index (χ1n) is 13.7. The fraction of sp³-hybridized carbons (Fsp3) is 0.303. The minimum absolute atomic E-state index is 0.314. The number of carbonyl (C=O) groups excluding carboxylic acids is 1. The van der Waals surface area contributed by atoms with Crippen LogP contribution in [0.4, 0.5) is 0 Å². The molecule has 1 aliphatic rings. The first-order chi connectivity index (χ1) is 19.5. The number of nitrogens with zero attached hydrogens (tertiary/aromatic N) is 2. The molecule has 7 heteroatoms. The molecule has 0 saturated heterocycles. The molecule has 0 unspecified atom stereocenters. The smallest absolute Gasteiger partial charge is 0.272 e. The molecule has 0 spiro atoms. The summed E-state index contributed by atoms with van der Waals surface area (Å²) in [7, 11) is 4.69. The van der Waals surface area contributed by atoms with E-state index in [0.717, 1.165) is 22.2 Å². The van der Waals surface area contributed by atoms with Crippen molar-refractivity contribution in [3.8, 4) is 28.5 Å². The zero-order valence-corrected chi connectivity index (χ0v) is 23.5. The fourth-order valence-corrected chi connectivity index (χ4v) is 5.43. The molecule has 0 atom stereocenters. The number of benzene rings is 3. The number of hydrogen-bond donors (Lipinski definition) is 1. The van der Waals surface area contributed by atoms with Crippen LogP contribution in [0.2, 0.25) is 0 Å². The third-order valence-electron chi connectivity index (χ3n) is 7.65. The molecule has 206 valence electrons. The van der Waals surface area contributed by atoms with Crippen molar-refractivity contribution in [1.29, 1.82) is 0 Å². The summed E-state index contributed by atoms with van der Waals surface area (Å²) in [5, 5.41) is 5.18. The van der Waals surface area contributed by atoms with Crippen LogP contribution < -0.4 is 19.6 Å². The molecule has 0 radical (unpaired) electrons. The summed E-state index contributed by atoms with van der Waals surface area (Å²) in [5.74, 6) is 1.84. The van der Waals surface area contributed by atoms with Crippen molar-refractivity contribution in [2.45, 2.75) is 44.9 Å². The number of para-hydroxylation sites is 1. The van der Waals surface area contributed by atoms with Crippen LogP contribution in [-0.4, -0.2) is 37.9 Å². The zero-order valence-electron chi connectivity index (χ0n) is 23.5. The van der Waals surface area contributed by atoms with E-state index in [4.69, 9.17) is 19.2 Å². The normalized spacial score (nSPS) is 14.2. The molecule has 3 aromatic carbocycles. The summed E-state index contributed by atoms with van der Waals surface area (Å²) in [4.78, 5) is 18.3. The number of fused-ring (bicyclic) bond motifs is 1. The molecule has 1 heterocycles. The first-order valence-corrected chi connectivity index (χ1v) is 13.7. The maximum Gasteiger partial charge on any atom is 0.272 e. The summed E-state index contributed by atoms with van der Waals surface area (Å²) in [5.41, 5.74) is 8.37. The summed E-state index contributed by atoms with van der Waals surface area (Å²) in [6.07, 6.45) is 6.49. The second-order valence-corrected chi connectivity index (χ2v) is 10.1. The van der Waals surface area contributed by atoms with Gasteiger partial charge in [0.1, 0.15) is 0 Å². The van der Waals surface area contributed by atoms with Crippen LogP contribution in [0, 0.1) is 0 Å². The molecular formula is C33H35N3O4. The van der Waals surface area contributed by atoms with Gasteiger partial charge in [0.2, 0.25) is 5.75 Å². The first kappa shape index (κ1) is 27.2. The van der Waals surface area contributed by atoms with Gasteiger partial charge in [0.15, 0.2) is 11.5 Å². The van der Waals surface area contributed by atoms with Crippen LogP contribution >= 0.6 is 0 Å². The van der Waals surface area contributed by atoms with Crippen LogP contribution in [0.3, 0.4) is 0 Å². The molecule has 0 bridgehead atoms. The van der Waals surface area contributed by atoms with Gasteiger partial charge in [0.25, 0.3) is 5.91 Å². The molecule has 40 heavy (non-hydrogen) atoms. The molecule has 4 aromatic rings. The monoisotopic (exact) mass is 537 g/mol. The van der Waals surface area contributed by atoms with Gasteiger partial charge in [-0.15, -0.1) is 0 Å². The van der Waals surface area contributed by atoms with Crippen molar-refractivity contribution in [2.24, 2.45) is 5.10 Å². The van der Waals surface area contributed by atoms with E-state index < -0.39 is 0 Å². The number of hydrazone groups is 1. The molecule has 1 amide bonds. The van der Waals surface area contributed by atoms with Gasteiger partial charge in [-0.2, -0.15) is 5.10 Å². The number of methoxy groups -OCH3 is 3. The molecule has 7 nitrogen and oxygen atoms in total. The average Bonchev–Trinajstić information content (AvgIpc) is 3.02. The Kier molecular flexibility index (Phi) is 8.29. The number of carbonyl (C=O) groups is 1. The summed E-state index contributed by atoms with van der Waals surface area (Å²) in [6.45, 7) is 1.90. The van der Waals surface area contributed by atoms with E-state index in [9.17, 15) is 4.79 Å². The Morgan fingerprint density at radius 2 is 1.55 bits per heavy atom. The number of ether oxygens (including phenoxy) is 3. The molecule has 1 saturated carbocycles. The Morgan fingerprint density at radius 1 is 0.875 bits per heavy atom. The fourth-order valence-electron chi connectivity index (χ4n) is 5.43. The highest BCUT2D eigenvalue weighted by atomic mass is 16.5. The van der Waals surface area contributed by atoms with Crippen molar-refractivity contribution in [1.82, 2.24) is 10.4 Å². The third-order valence-corrected chi connectivity index (χ3v) is 7.65. The lowest BCUT2D eigenvalue weighted by atomic mass is 9.84. The molecule has 0 aliphatic heterocycles. The number of aromatic nitrogens is 1. The summed E-state index contributed by atoms with van der Waals surface area (Å²) >= 11 is 0. The Balaban J connectivity index is 1.44. The highest BCUT2D eigenvalue weighted by Gasteiger charge is 2.19. The Labute approximate surface area is 235 Å². The van der Waals surface area contributed by atoms with E-state index in [0.29, 0.717) is 39.9 Å². The molecule has 1 aromatic heterocycles. The summed E-state index contributed by atoms with van der Waals surface area (Å²) < 4.78 is 16.5. The highest BCUT2D eigenvalue weighted by Crippen LogP contribution is 2.41. The van der Waals surface area contributed by atoms with Crippen molar-refractivity contribution in [2.75, 3.05) is 21.3 Å². The standard InChI is InChI=1S/C33H35N3O4/c1-21(22-14-16-24(17-15-22)23-10-6-5-7-11-23)35-36-33(37)27-20-29(34-28-13-9-8-12-26(27)28)25-18-30(38-2)32(40-4)31(19-25)39-3/h8-9,12-20,23H,5-7,10-11H2,1-4H3,(H,36,37). The Bertz CT molecular complexity index is 1510. The lowest BCUT2D eigenvalue weighted by molar-refractivity contribution is 0.0956. The lowest BCUT2D eigenvalue weighted by Crippen LogP contribution is -2.20. The highest BCUT2D eigenvalue weighted by molar-refractivity contribution is 6.08. The third kappa shape index (κ3) is 5.64. The van der Waals surface area contributed by atoms with Crippen LogP contribution in [0.1, 0.15) is 66.4 Å². The maximum atomic E-state index is 13.5. The molecular weight excluding hydrogens is 502 g/mol. The van der Waals surface area contributed by atoms with Gasteiger partial charge in [0, 0.05) is 10.9 Å². The van der Waals surface area contributed by atoms with E-state index in [1.807, 2.05) is 43.3 Å². The van der Waals surface area contributed by atoms with Crippen molar-refractivity contribution >= 4 is 22.5 Å². The van der Waals surface area contributed by atoms with Crippen molar-refractivity contribution < 1.29 is 19.0 Å². The van der Waals surface area contributed by atoms with Gasteiger partial charge in [-0.1, -0.05) is 61.7 Å². The van der Waals surface area contributed by atoms with Crippen LogP contribution in [0.15, 0.2) is 71.8 Å². The minimum atomic E-state index is -0.314. The predicted molar refractivity (Wildman–Crippen MR) is 159 cm³/mol. The van der Waals surface area contributed by atoms with E-state index in [2.05, 4.69) is 34.8 Å². The van der Waals surface area contributed by atoms with Gasteiger partial charge in [-0.05, 0) is 61.1 Å². The van der Waals surface area contributed by atoms with E-state index in [-0.39, 0.29) is 5.91 Å². The van der Waals surface area contributed by atoms with Gasteiger partial charge >= 0.3 is 0 Å². The Hall–Kier alpha value is -4.39. The number of hydrogen-bond acceptors (Lipinski definition) is 6. The van der Waals surface area contributed by atoms with Crippen LogP contribution in [-0.2, 0) is 0 Å². The van der Waals surface area contributed by atoms with Crippen LogP contribution in [0.25, 0.3) is 22.2 Å². The summed E-state index contributed by atoms with van der Waals surface area (Å²) in [6, 6.07) is 21.6. The molecule has 1 N–H and O–H groups in total. The quantitative estimate of drug-likeness (QED) is 0.191. The number of rotatable bonds is 8. The van der Waals surface area contributed by atoms with Crippen LogP contribution in [0.5, 0.6) is 17.2 Å². The maximum absolute atomic E-state index is 13.5. The second kappa shape index (κ2) is 12.2. The van der Waals surface area contributed by atoms with Gasteiger partial charge in [-0.3, -0.25) is 4.79 Å². The number of amides is 1. The average molecular weight is 538 g/mol. The largest absolute Gasteiger partial charge is 0.493 e. The molecule has 1 aliphatic carbocycles. The molecule has 5 rings (SSSR count). The van der Waals surface area contributed by atoms with Gasteiger partial charge in [-0.25, -0.2) is 10.4 Å². The zero-order chi connectivity index (χ0) is 28.1. The van der Waals surface area contributed by atoms with Crippen molar-refractivity contribution in [3.63, 3.8) is 0 Å². The number of pyridine rings is 1. The predicted octanol–water partition coefficient (Wildman–Crippen LogP) is 7.13. The topological polar surface area (TPSA) is 82.0 Å². The lowest BCUT2D eigenvalue weighted by Gasteiger charge is -2.22. The Morgan fingerprint density at radius 3 is 2.20 bits per heavy atom. The van der Waals surface area contributed by atoms with Gasteiger partial charge < -0.3 is 14.2 Å².